The summed E-state index contributed by atoms with van der Waals surface area (Å²) in [6, 6.07) is 9.55. The molecule has 3 heterocycles. The number of nitrogens with zero attached hydrogens (tertiary/aromatic N) is 1. The second-order valence-electron chi connectivity index (χ2n) is 7.22. The van der Waals surface area contributed by atoms with Gasteiger partial charge in [0.15, 0.2) is 0 Å². The van der Waals surface area contributed by atoms with Crippen LogP contribution >= 0.6 is 23.5 Å². The molecule has 1 aromatic carbocycles. The van der Waals surface area contributed by atoms with Gasteiger partial charge in [0.25, 0.3) is 0 Å². The van der Waals surface area contributed by atoms with Gasteiger partial charge in [0.1, 0.15) is 4.08 Å². The first-order chi connectivity index (χ1) is 11.3. The molecule has 2 fully saturated rings. The molecule has 0 amide bonds. The normalized spacial score (nSPS) is 32.5. The average Bonchev–Trinajstić information content (AvgIpc) is 3.19. The van der Waals surface area contributed by atoms with Crippen molar-refractivity contribution in [1.82, 2.24) is 9.88 Å². The van der Waals surface area contributed by atoms with Crippen LogP contribution in [0.5, 0.6) is 0 Å². The molecule has 4 heteroatoms. The highest BCUT2D eigenvalue weighted by Gasteiger charge is 2.57. The van der Waals surface area contributed by atoms with Crippen molar-refractivity contribution in [3.8, 4) is 0 Å². The Balaban J connectivity index is 1.84. The molecule has 0 unspecified atom stereocenters. The lowest BCUT2D eigenvalue weighted by molar-refractivity contribution is 0.0461. The van der Waals surface area contributed by atoms with Crippen LogP contribution in [0.2, 0.25) is 0 Å². The lowest BCUT2D eigenvalue weighted by Gasteiger charge is -2.54. The van der Waals surface area contributed by atoms with E-state index < -0.39 is 0 Å². The van der Waals surface area contributed by atoms with Crippen molar-refractivity contribution in [2.45, 2.75) is 29.9 Å². The molecular weight excluding hydrogens is 320 g/mol. The van der Waals surface area contributed by atoms with Gasteiger partial charge in [-0.05, 0) is 37.9 Å². The smallest absolute Gasteiger partial charge is 0.104 e. The van der Waals surface area contributed by atoms with Gasteiger partial charge in [0, 0.05) is 39.7 Å². The van der Waals surface area contributed by atoms with E-state index in [0.29, 0.717) is 6.04 Å². The zero-order valence-electron chi connectivity index (χ0n) is 13.8. The van der Waals surface area contributed by atoms with Gasteiger partial charge < -0.3 is 4.98 Å². The summed E-state index contributed by atoms with van der Waals surface area (Å²) in [6.45, 7) is 3.65. The summed E-state index contributed by atoms with van der Waals surface area (Å²) in [7, 11) is 2.34. The SMILES string of the molecule is CC[C@H]1[C@@H]2c3c([nH]c4ccccc34)C3(SCCS3)[C@H]1CCN2C. The molecule has 122 valence electrons. The summed E-state index contributed by atoms with van der Waals surface area (Å²) in [5.74, 6) is 4.20. The third kappa shape index (κ3) is 1.83. The minimum absolute atomic E-state index is 0.285. The van der Waals surface area contributed by atoms with E-state index in [4.69, 9.17) is 0 Å². The van der Waals surface area contributed by atoms with Gasteiger partial charge in [-0.3, -0.25) is 4.90 Å². The number of benzene rings is 1. The van der Waals surface area contributed by atoms with Gasteiger partial charge in [0.05, 0.1) is 0 Å². The lowest BCUT2D eigenvalue weighted by atomic mass is 9.68. The summed E-state index contributed by atoms with van der Waals surface area (Å²) in [5, 5.41) is 1.46. The molecule has 2 aromatic rings. The second-order valence-corrected chi connectivity index (χ2v) is 10.2. The zero-order chi connectivity index (χ0) is 15.6. The van der Waals surface area contributed by atoms with E-state index >= 15 is 0 Å². The Morgan fingerprint density at radius 1 is 1.26 bits per heavy atom. The molecule has 2 saturated heterocycles. The van der Waals surface area contributed by atoms with Crippen LogP contribution in [0.1, 0.15) is 37.1 Å². The number of likely N-dealkylation sites (tertiary alicyclic amines) is 1. The number of nitrogens with one attached hydrogen (secondary N) is 1. The Labute approximate surface area is 146 Å². The number of H-pyrrole nitrogens is 1. The van der Waals surface area contributed by atoms with E-state index in [0.717, 1.165) is 11.8 Å². The first-order valence-corrected chi connectivity index (χ1v) is 10.8. The molecule has 2 aliphatic heterocycles. The number of rotatable bonds is 1. The van der Waals surface area contributed by atoms with E-state index in [2.05, 4.69) is 71.6 Å². The quantitative estimate of drug-likeness (QED) is 0.799. The molecule has 0 radical (unpaired) electrons. The van der Waals surface area contributed by atoms with E-state index in [9.17, 15) is 0 Å². The van der Waals surface area contributed by atoms with E-state index in [1.807, 2.05) is 0 Å². The number of fused-ring (bicyclic) bond motifs is 8. The Kier molecular flexibility index (Phi) is 3.34. The van der Waals surface area contributed by atoms with Crippen molar-refractivity contribution < 1.29 is 0 Å². The molecule has 0 saturated carbocycles. The molecule has 1 aromatic heterocycles. The third-order valence-electron chi connectivity index (χ3n) is 6.26. The first-order valence-electron chi connectivity index (χ1n) is 8.85. The molecule has 23 heavy (non-hydrogen) atoms. The minimum Gasteiger partial charge on any atom is -0.356 e. The number of aromatic nitrogens is 1. The highest BCUT2D eigenvalue weighted by atomic mass is 32.2. The van der Waals surface area contributed by atoms with Crippen LogP contribution < -0.4 is 0 Å². The fourth-order valence-corrected chi connectivity index (χ4v) is 9.11. The van der Waals surface area contributed by atoms with E-state index in [1.54, 1.807) is 11.3 Å². The van der Waals surface area contributed by atoms with Gasteiger partial charge >= 0.3 is 0 Å². The van der Waals surface area contributed by atoms with Crippen LogP contribution in [0.25, 0.3) is 10.9 Å². The molecule has 1 aliphatic carbocycles. The number of thioether (sulfide) groups is 2. The van der Waals surface area contributed by atoms with Gasteiger partial charge in [0.2, 0.25) is 0 Å². The Hall–Kier alpha value is -0.580. The Morgan fingerprint density at radius 3 is 2.83 bits per heavy atom. The zero-order valence-corrected chi connectivity index (χ0v) is 15.5. The second kappa shape index (κ2) is 5.21. The van der Waals surface area contributed by atoms with Crippen molar-refractivity contribution in [3.63, 3.8) is 0 Å². The number of aromatic amines is 1. The number of piperidine rings is 1. The summed E-state index contributed by atoms with van der Waals surface area (Å²) in [5.41, 5.74) is 4.51. The standard InChI is InChI=1S/C19H24N2S2/c1-3-12-14-8-9-21(2)17(12)16-13-6-4-5-7-15(13)20-18(16)19(14)22-10-11-23-19/h4-7,12,14,17,20H,3,8-11H2,1-2H3/t12-,14+,17-/m1/s1. The lowest BCUT2D eigenvalue weighted by Crippen LogP contribution is -2.51. The largest absolute Gasteiger partial charge is 0.356 e. The highest BCUT2D eigenvalue weighted by molar-refractivity contribution is 8.20. The van der Waals surface area contributed by atoms with Crippen molar-refractivity contribution in [2.24, 2.45) is 11.8 Å². The summed E-state index contributed by atoms with van der Waals surface area (Å²) >= 11 is 4.45. The molecule has 2 bridgehead atoms. The summed E-state index contributed by atoms with van der Waals surface area (Å²) in [4.78, 5) is 6.50. The van der Waals surface area contributed by atoms with Crippen molar-refractivity contribution in [2.75, 3.05) is 25.1 Å². The van der Waals surface area contributed by atoms with Crippen LogP contribution in [0.15, 0.2) is 24.3 Å². The molecule has 3 aliphatic rings. The third-order valence-corrected chi connectivity index (χ3v) is 9.91. The molecule has 5 rings (SSSR count). The molecule has 1 spiro atoms. The topological polar surface area (TPSA) is 19.0 Å². The fourth-order valence-electron chi connectivity index (χ4n) is 5.37. The number of para-hydroxylation sites is 1. The van der Waals surface area contributed by atoms with Crippen molar-refractivity contribution >= 4 is 34.4 Å². The fraction of sp³-hybridized carbons (Fsp3) is 0.579. The van der Waals surface area contributed by atoms with Crippen LogP contribution in [0.3, 0.4) is 0 Å². The maximum Gasteiger partial charge on any atom is 0.104 e. The van der Waals surface area contributed by atoms with Crippen LogP contribution in [0.4, 0.5) is 0 Å². The molecule has 3 atom stereocenters. The minimum atomic E-state index is 0.285. The van der Waals surface area contributed by atoms with Crippen molar-refractivity contribution in [3.05, 3.63) is 35.5 Å². The summed E-state index contributed by atoms with van der Waals surface area (Å²) in [6.07, 6.45) is 2.64. The Bertz CT molecular complexity index is 747. The van der Waals surface area contributed by atoms with E-state index in [-0.39, 0.29) is 4.08 Å². The van der Waals surface area contributed by atoms with Crippen LogP contribution in [-0.2, 0) is 4.08 Å². The van der Waals surface area contributed by atoms with E-state index in [1.165, 1.54) is 41.8 Å². The van der Waals surface area contributed by atoms with Gasteiger partial charge in [-0.1, -0.05) is 31.5 Å². The van der Waals surface area contributed by atoms with Crippen LogP contribution in [0, 0.1) is 11.8 Å². The summed E-state index contributed by atoms with van der Waals surface area (Å²) < 4.78 is 0.285. The van der Waals surface area contributed by atoms with Gasteiger partial charge in [-0.2, -0.15) is 0 Å². The van der Waals surface area contributed by atoms with Gasteiger partial charge in [-0.15, -0.1) is 23.5 Å². The first kappa shape index (κ1) is 14.7. The van der Waals surface area contributed by atoms with Crippen LogP contribution in [-0.4, -0.2) is 35.0 Å². The maximum absolute atomic E-state index is 3.87. The predicted octanol–water partition coefficient (Wildman–Crippen LogP) is 4.83. The predicted molar refractivity (Wildman–Crippen MR) is 102 cm³/mol. The van der Waals surface area contributed by atoms with Gasteiger partial charge in [-0.25, -0.2) is 0 Å². The molecule has 2 nitrogen and oxygen atoms in total. The van der Waals surface area contributed by atoms with Crippen molar-refractivity contribution in [1.29, 1.82) is 0 Å². The monoisotopic (exact) mass is 344 g/mol. The average molecular weight is 345 g/mol. The number of hydrogen-bond donors (Lipinski definition) is 1. The molecule has 1 N–H and O–H groups in total. The highest BCUT2D eigenvalue weighted by Crippen LogP contribution is 2.67. The Morgan fingerprint density at radius 2 is 2.04 bits per heavy atom. The number of hydrogen-bond acceptors (Lipinski definition) is 3. The molecular formula is C19H24N2S2. The maximum atomic E-state index is 3.87.